The molecule has 0 saturated heterocycles. The van der Waals surface area contributed by atoms with E-state index in [4.69, 9.17) is 28.9 Å². The summed E-state index contributed by atoms with van der Waals surface area (Å²) in [6, 6.07) is 10.3. The van der Waals surface area contributed by atoms with Gasteiger partial charge in [0.15, 0.2) is 9.84 Å². The average molecular weight is 422 g/mol. The lowest BCUT2D eigenvalue weighted by Gasteiger charge is -2.32. The fourth-order valence-electron chi connectivity index (χ4n) is 3.02. The number of nitrogens with zero attached hydrogens (tertiary/aromatic N) is 1. The van der Waals surface area contributed by atoms with Gasteiger partial charge in [0.05, 0.1) is 15.7 Å². The highest BCUT2D eigenvalue weighted by Crippen LogP contribution is 2.32. The minimum Gasteiger partial charge on any atom is -0.398 e. The summed E-state index contributed by atoms with van der Waals surface area (Å²) < 4.78 is 25.3. The summed E-state index contributed by atoms with van der Waals surface area (Å²) in [5.74, 6) is -0.0265. The Labute approximate surface area is 164 Å². The second-order valence-corrected chi connectivity index (χ2v) is 8.75. The summed E-state index contributed by atoms with van der Waals surface area (Å²) in [5.41, 5.74) is 8.92. The maximum Gasteiger partial charge on any atom is 0.181 e. The average Bonchev–Trinajstić information content (AvgIpc) is 2.55. The van der Waals surface area contributed by atoms with Crippen LogP contribution in [0.5, 0.6) is 0 Å². The van der Waals surface area contributed by atoms with E-state index in [0.717, 1.165) is 36.3 Å². The minimum absolute atomic E-state index is 0. The Kier molecular flexibility index (Phi) is 6.49. The third kappa shape index (κ3) is 4.34. The van der Waals surface area contributed by atoms with Crippen LogP contribution in [0.2, 0.25) is 10.0 Å². The molecule has 3 rings (SSSR count). The summed E-state index contributed by atoms with van der Waals surface area (Å²) in [4.78, 5) is 2.16. The molecule has 4 nitrogen and oxygen atoms in total. The number of rotatable bonds is 4. The molecular formula is C17H19Cl3N2O2S. The van der Waals surface area contributed by atoms with Gasteiger partial charge in [0.25, 0.3) is 0 Å². The van der Waals surface area contributed by atoms with Crippen molar-refractivity contribution in [2.75, 3.05) is 29.5 Å². The Hall–Kier alpha value is -1.14. The van der Waals surface area contributed by atoms with Gasteiger partial charge in [-0.1, -0.05) is 29.3 Å². The molecule has 0 spiro atoms. The molecule has 0 atom stereocenters. The molecule has 0 aromatic heterocycles. The molecule has 0 fully saturated rings. The number of sulfone groups is 1. The first-order chi connectivity index (χ1) is 11.4. The van der Waals surface area contributed by atoms with Crippen LogP contribution in [0.25, 0.3) is 0 Å². The van der Waals surface area contributed by atoms with Crippen LogP contribution in [-0.4, -0.2) is 27.3 Å². The number of nitrogen functional groups attached to an aromatic ring is 1. The van der Waals surface area contributed by atoms with Gasteiger partial charge < -0.3 is 10.6 Å². The highest BCUT2D eigenvalue weighted by molar-refractivity contribution is 7.91. The zero-order chi connectivity index (χ0) is 17.3. The molecule has 2 aromatic carbocycles. The molecule has 0 aliphatic carbocycles. The first-order valence-electron chi connectivity index (χ1n) is 7.68. The monoisotopic (exact) mass is 420 g/mol. The first kappa shape index (κ1) is 20.2. The molecule has 0 amide bonds. The molecule has 1 aliphatic rings. The van der Waals surface area contributed by atoms with Crippen LogP contribution in [0.1, 0.15) is 12.0 Å². The summed E-state index contributed by atoms with van der Waals surface area (Å²) >= 11 is 11.9. The molecule has 8 heteroatoms. The van der Waals surface area contributed by atoms with E-state index in [1.807, 2.05) is 18.2 Å². The molecule has 2 aromatic rings. The lowest BCUT2D eigenvalue weighted by Crippen LogP contribution is -2.34. The SMILES string of the molecule is Cl.Nc1cccc2c1CCCN2CCS(=O)(=O)c1cc(Cl)ccc1Cl. The van der Waals surface area contributed by atoms with Crippen LogP contribution in [0.4, 0.5) is 11.4 Å². The Morgan fingerprint density at radius 2 is 1.92 bits per heavy atom. The molecule has 0 bridgehead atoms. The van der Waals surface area contributed by atoms with Gasteiger partial charge in [0, 0.05) is 29.5 Å². The van der Waals surface area contributed by atoms with Crippen molar-refractivity contribution < 1.29 is 8.42 Å². The largest absolute Gasteiger partial charge is 0.398 e. The fraction of sp³-hybridized carbons (Fsp3) is 0.294. The summed E-state index contributed by atoms with van der Waals surface area (Å²) in [6.45, 7) is 1.21. The van der Waals surface area contributed by atoms with Crippen molar-refractivity contribution in [2.45, 2.75) is 17.7 Å². The fourth-order valence-corrected chi connectivity index (χ4v) is 5.08. The van der Waals surface area contributed by atoms with E-state index in [1.54, 1.807) is 6.07 Å². The first-order valence-corrected chi connectivity index (χ1v) is 10.1. The van der Waals surface area contributed by atoms with E-state index in [9.17, 15) is 8.42 Å². The quantitative estimate of drug-likeness (QED) is 0.751. The van der Waals surface area contributed by atoms with Crippen molar-refractivity contribution in [2.24, 2.45) is 0 Å². The van der Waals surface area contributed by atoms with Crippen LogP contribution >= 0.6 is 35.6 Å². The second kappa shape index (κ2) is 8.04. The molecule has 0 unspecified atom stereocenters. The molecule has 0 saturated carbocycles. The van der Waals surface area contributed by atoms with Gasteiger partial charge in [-0.25, -0.2) is 8.42 Å². The number of fused-ring (bicyclic) bond motifs is 1. The topological polar surface area (TPSA) is 63.4 Å². The van der Waals surface area contributed by atoms with Crippen molar-refractivity contribution in [1.82, 2.24) is 0 Å². The summed E-state index contributed by atoms with van der Waals surface area (Å²) in [6.07, 6.45) is 1.88. The van der Waals surface area contributed by atoms with E-state index in [1.165, 1.54) is 12.1 Å². The van der Waals surface area contributed by atoms with Crippen molar-refractivity contribution in [3.8, 4) is 0 Å². The Bertz CT molecular complexity index is 872. The number of hydrogen-bond donors (Lipinski definition) is 1. The number of hydrogen-bond acceptors (Lipinski definition) is 4. The lowest BCUT2D eigenvalue weighted by atomic mass is 10.00. The van der Waals surface area contributed by atoms with Gasteiger partial charge in [-0.3, -0.25) is 0 Å². The Morgan fingerprint density at radius 3 is 2.68 bits per heavy atom. The molecule has 25 heavy (non-hydrogen) atoms. The van der Waals surface area contributed by atoms with Gasteiger partial charge in [-0.2, -0.15) is 0 Å². The van der Waals surface area contributed by atoms with E-state index >= 15 is 0 Å². The Morgan fingerprint density at radius 1 is 1.16 bits per heavy atom. The van der Waals surface area contributed by atoms with Crippen molar-refractivity contribution in [1.29, 1.82) is 0 Å². The van der Waals surface area contributed by atoms with Crippen LogP contribution < -0.4 is 10.6 Å². The zero-order valence-electron chi connectivity index (χ0n) is 13.4. The van der Waals surface area contributed by atoms with Gasteiger partial charge in [0.1, 0.15) is 0 Å². The molecule has 2 N–H and O–H groups in total. The van der Waals surface area contributed by atoms with Gasteiger partial charge >= 0.3 is 0 Å². The molecular weight excluding hydrogens is 403 g/mol. The van der Waals surface area contributed by atoms with Crippen molar-refractivity contribution in [3.05, 3.63) is 52.0 Å². The zero-order valence-corrected chi connectivity index (χ0v) is 16.6. The number of benzene rings is 2. The smallest absolute Gasteiger partial charge is 0.181 e. The van der Waals surface area contributed by atoms with Gasteiger partial charge in [0.2, 0.25) is 0 Å². The lowest BCUT2D eigenvalue weighted by molar-refractivity contribution is 0.593. The summed E-state index contributed by atoms with van der Waals surface area (Å²) in [5, 5.41) is 0.553. The van der Waals surface area contributed by atoms with Crippen LogP contribution in [0.3, 0.4) is 0 Å². The molecule has 0 radical (unpaired) electrons. The Balaban J connectivity index is 0.00000225. The summed E-state index contributed by atoms with van der Waals surface area (Å²) in [7, 11) is -3.51. The number of halogens is 3. The second-order valence-electron chi connectivity index (χ2n) is 5.83. The van der Waals surface area contributed by atoms with Crippen LogP contribution in [-0.2, 0) is 16.3 Å². The third-order valence-corrected chi connectivity index (χ3v) is 6.65. The third-order valence-electron chi connectivity index (χ3n) is 4.24. The van der Waals surface area contributed by atoms with E-state index in [-0.39, 0.29) is 28.1 Å². The van der Waals surface area contributed by atoms with Gasteiger partial charge in [-0.05, 0) is 48.7 Å². The predicted molar refractivity (Wildman–Crippen MR) is 107 cm³/mol. The molecule has 1 aliphatic heterocycles. The highest BCUT2D eigenvalue weighted by atomic mass is 35.5. The predicted octanol–water partition coefficient (Wildman–Crippen LogP) is 4.22. The standard InChI is InChI=1S/C17H18Cl2N2O2S.ClH/c18-12-6-7-14(19)17(11-12)24(22,23)10-9-21-8-2-3-13-15(20)4-1-5-16(13)21;/h1,4-7,11H,2-3,8-10,20H2;1H. The number of nitrogens with two attached hydrogens (primary N) is 1. The van der Waals surface area contributed by atoms with Crippen LogP contribution in [0.15, 0.2) is 41.3 Å². The highest BCUT2D eigenvalue weighted by Gasteiger charge is 2.23. The normalized spacial score (nSPS) is 13.9. The van der Waals surface area contributed by atoms with E-state index in [2.05, 4.69) is 4.90 Å². The molecule has 136 valence electrons. The minimum atomic E-state index is -3.51. The van der Waals surface area contributed by atoms with E-state index < -0.39 is 9.84 Å². The maximum absolute atomic E-state index is 12.6. The molecule has 1 heterocycles. The van der Waals surface area contributed by atoms with E-state index in [0.29, 0.717) is 11.6 Å². The van der Waals surface area contributed by atoms with Crippen LogP contribution in [0, 0.1) is 0 Å². The van der Waals surface area contributed by atoms with Gasteiger partial charge in [-0.15, -0.1) is 12.4 Å². The van der Waals surface area contributed by atoms with Crippen molar-refractivity contribution in [3.63, 3.8) is 0 Å². The van der Waals surface area contributed by atoms with Crippen molar-refractivity contribution >= 4 is 56.8 Å². The maximum atomic E-state index is 12.6. The number of anilines is 2.